The Morgan fingerprint density at radius 2 is 1.63 bits per heavy atom. The van der Waals surface area contributed by atoms with E-state index in [0.29, 0.717) is 0 Å². The van der Waals surface area contributed by atoms with Crippen LogP contribution in [0.1, 0.15) is 27.6 Å². The van der Waals surface area contributed by atoms with Gasteiger partial charge in [0.25, 0.3) is 5.91 Å². The van der Waals surface area contributed by atoms with Gasteiger partial charge in [0.1, 0.15) is 0 Å². The van der Waals surface area contributed by atoms with E-state index < -0.39 is 29.3 Å². The summed E-state index contributed by atoms with van der Waals surface area (Å²) in [5, 5.41) is 24.2. The van der Waals surface area contributed by atoms with E-state index in [1.165, 1.54) is 42.5 Å². The van der Waals surface area contributed by atoms with Gasteiger partial charge in [0.2, 0.25) is 0 Å². The fraction of sp³-hybridized carbons (Fsp3) is 0.0556. The number of carbonyl (C=O) groups is 4. The third-order valence-electron chi connectivity index (χ3n) is 3.36. The number of nitrogens with one attached hydrogen (secondary N) is 2. The third kappa shape index (κ3) is 4.98. The zero-order valence-corrected chi connectivity index (χ0v) is 14.1. The van der Waals surface area contributed by atoms with E-state index >= 15 is 0 Å². The largest absolute Gasteiger partial charge is 0.478 e. The van der Waals surface area contributed by atoms with E-state index in [2.05, 4.69) is 15.8 Å². The van der Waals surface area contributed by atoms with Crippen LogP contribution in [-0.2, 0) is 9.59 Å². The van der Waals surface area contributed by atoms with Gasteiger partial charge in [0.05, 0.1) is 16.8 Å². The van der Waals surface area contributed by atoms with Crippen LogP contribution in [0, 0.1) is 0 Å². The second-order valence-corrected chi connectivity index (χ2v) is 5.32. The number of Topliss-reactive ketones (excluding diaryl/α,β-unsaturated/α-hetero) is 1. The van der Waals surface area contributed by atoms with Gasteiger partial charge >= 0.3 is 11.9 Å². The van der Waals surface area contributed by atoms with Crippen molar-refractivity contribution in [1.82, 2.24) is 0 Å². The number of aromatic carboxylic acids is 2. The number of carboxylic acid groups (broad SMARTS) is 2. The summed E-state index contributed by atoms with van der Waals surface area (Å²) in [7, 11) is 0. The van der Waals surface area contributed by atoms with Crippen molar-refractivity contribution < 1.29 is 29.4 Å². The molecule has 4 N–H and O–H groups in total. The molecule has 0 aromatic heterocycles. The summed E-state index contributed by atoms with van der Waals surface area (Å²) in [6.07, 6.45) is 0. The lowest BCUT2D eigenvalue weighted by molar-refractivity contribution is -0.114. The molecule has 0 saturated heterocycles. The van der Waals surface area contributed by atoms with Crippen LogP contribution in [0.15, 0.2) is 53.6 Å². The lowest BCUT2D eigenvalue weighted by atomic mass is 10.2. The Kier molecular flexibility index (Phi) is 6.00. The van der Waals surface area contributed by atoms with E-state index in [9.17, 15) is 19.2 Å². The normalized spacial score (nSPS) is 10.8. The highest BCUT2D eigenvalue weighted by atomic mass is 16.4. The molecule has 0 bridgehead atoms. The molecule has 0 saturated carbocycles. The molecule has 138 valence electrons. The maximum absolute atomic E-state index is 12.3. The van der Waals surface area contributed by atoms with E-state index in [4.69, 9.17) is 10.2 Å². The Labute approximate surface area is 153 Å². The molecule has 0 unspecified atom stereocenters. The lowest BCUT2D eigenvalue weighted by Crippen LogP contribution is -2.29. The van der Waals surface area contributed by atoms with Crippen molar-refractivity contribution >= 4 is 40.7 Å². The van der Waals surface area contributed by atoms with Crippen molar-refractivity contribution in [2.45, 2.75) is 6.92 Å². The predicted molar refractivity (Wildman–Crippen MR) is 97.2 cm³/mol. The number of hydrazone groups is 1. The van der Waals surface area contributed by atoms with Crippen LogP contribution in [0.4, 0.5) is 11.4 Å². The van der Waals surface area contributed by atoms with Gasteiger partial charge in [-0.25, -0.2) is 9.59 Å². The number of hydrogen-bond donors (Lipinski definition) is 4. The molecule has 9 heteroatoms. The topological polar surface area (TPSA) is 145 Å². The number of amides is 1. The SMILES string of the molecule is CC(=O)/C(=N/Nc1ccccc1C(=O)O)C(=O)Nc1cccc(C(=O)O)c1. The highest BCUT2D eigenvalue weighted by Crippen LogP contribution is 2.15. The Morgan fingerprint density at radius 3 is 2.26 bits per heavy atom. The molecule has 0 spiro atoms. The number of nitrogens with zero attached hydrogens (tertiary/aromatic N) is 1. The molecule has 0 radical (unpaired) electrons. The standard InChI is InChI=1S/C18H15N3O6/c1-10(22)15(21-20-14-8-3-2-7-13(14)18(26)27)16(23)19-12-6-4-5-11(9-12)17(24)25/h2-9,20H,1H3,(H,19,23)(H,24,25)(H,26,27)/b21-15-. The van der Waals surface area contributed by atoms with Gasteiger partial charge < -0.3 is 15.5 Å². The van der Waals surface area contributed by atoms with Crippen LogP contribution < -0.4 is 10.7 Å². The van der Waals surface area contributed by atoms with Crippen molar-refractivity contribution in [1.29, 1.82) is 0 Å². The average Bonchev–Trinajstić information content (AvgIpc) is 2.62. The van der Waals surface area contributed by atoms with E-state index in [1.54, 1.807) is 6.07 Å². The van der Waals surface area contributed by atoms with Gasteiger partial charge in [0, 0.05) is 12.6 Å². The first-order valence-corrected chi connectivity index (χ1v) is 7.61. The highest BCUT2D eigenvalue weighted by Gasteiger charge is 2.18. The molecular formula is C18H15N3O6. The zero-order valence-electron chi connectivity index (χ0n) is 14.1. The molecule has 0 aliphatic heterocycles. The Morgan fingerprint density at radius 1 is 0.926 bits per heavy atom. The first kappa shape index (κ1) is 19.3. The van der Waals surface area contributed by atoms with Gasteiger partial charge in [0.15, 0.2) is 11.5 Å². The molecule has 2 aromatic rings. The van der Waals surface area contributed by atoms with Crippen molar-refractivity contribution in [3.8, 4) is 0 Å². The van der Waals surface area contributed by atoms with Crippen molar-refractivity contribution in [3.05, 3.63) is 59.7 Å². The summed E-state index contributed by atoms with van der Waals surface area (Å²) in [5.41, 5.74) is 2.04. The fourth-order valence-corrected chi connectivity index (χ4v) is 2.09. The minimum absolute atomic E-state index is 0.0392. The maximum Gasteiger partial charge on any atom is 0.337 e. The van der Waals surface area contributed by atoms with E-state index in [-0.39, 0.29) is 22.5 Å². The minimum Gasteiger partial charge on any atom is -0.478 e. The summed E-state index contributed by atoms with van der Waals surface area (Å²) in [4.78, 5) is 46.2. The fourth-order valence-electron chi connectivity index (χ4n) is 2.09. The van der Waals surface area contributed by atoms with E-state index in [1.807, 2.05) is 0 Å². The summed E-state index contributed by atoms with van der Waals surface area (Å²) in [6, 6.07) is 11.3. The van der Waals surface area contributed by atoms with Gasteiger partial charge in [-0.15, -0.1) is 0 Å². The second kappa shape index (κ2) is 8.39. The predicted octanol–water partition coefficient (Wildman–Crippen LogP) is 2.08. The molecule has 0 aliphatic carbocycles. The quantitative estimate of drug-likeness (QED) is 0.332. The Bertz CT molecular complexity index is 952. The first-order chi connectivity index (χ1) is 12.8. The monoisotopic (exact) mass is 369 g/mol. The number of carbonyl (C=O) groups excluding carboxylic acids is 2. The number of rotatable bonds is 7. The summed E-state index contributed by atoms with van der Waals surface area (Å²) >= 11 is 0. The molecule has 0 fully saturated rings. The van der Waals surface area contributed by atoms with Crippen LogP contribution >= 0.6 is 0 Å². The van der Waals surface area contributed by atoms with E-state index in [0.717, 1.165) is 6.92 Å². The maximum atomic E-state index is 12.3. The van der Waals surface area contributed by atoms with Gasteiger partial charge in [-0.3, -0.25) is 15.0 Å². The van der Waals surface area contributed by atoms with Crippen LogP contribution in [0.3, 0.4) is 0 Å². The molecule has 0 heterocycles. The number of para-hydroxylation sites is 1. The van der Waals surface area contributed by atoms with Crippen LogP contribution in [0.2, 0.25) is 0 Å². The summed E-state index contributed by atoms with van der Waals surface area (Å²) in [6.45, 7) is 1.12. The van der Waals surface area contributed by atoms with Crippen LogP contribution in [0.25, 0.3) is 0 Å². The Balaban J connectivity index is 2.24. The van der Waals surface area contributed by atoms with Crippen LogP contribution in [-0.4, -0.2) is 39.6 Å². The zero-order chi connectivity index (χ0) is 20.0. The molecule has 0 atom stereocenters. The van der Waals surface area contributed by atoms with Gasteiger partial charge in [-0.1, -0.05) is 18.2 Å². The Hall–Kier alpha value is -4.01. The van der Waals surface area contributed by atoms with Crippen LogP contribution in [0.5, 0.6) is 0 Å². The summed E-state index contributed by atoms with van der Waals surface area (Å²) < 4.78 is 0. The third-order valence-corrected chi connectivity index (χ3v) is 3.36. The second-order valence-electron chi connectivity index (χ2n) is 5.32. The number of benzene rings is 2. The summed E-state index contributed by atoms with van der Waals surface area (Å²) in [5.74, 6) is -3.90. The molecular weight excluding hydrogens is 354 g/mol. The molecule has 0 aliphatic rings. The smallest absolute Gasteiger partial charge is 0.337 e. The molecule has 9 nitrogen and oxygen atoms in total. The van der Waals surface area contributed by atoms with Gasteiger partial charge in [-0.2, -0.15) is 5.10 Å². The molecule has 27 heavy (non-hydrogen) atoms. The van der Waals surface area contributed by atoms with Gasteiger partial charge in [-0.05, 0) is 30.3 Å². The van der Waals surface area contributed by atoms with Crippen molar-refractivity contribution in [3.63, 3.8) is 0 Å². The van der Waals surface area contributed by atoms with Crippen molar-refractivity contribution in [2.24, 2.45) is 5.10 Å². The minimum atomic E-state index is -1.20. The molecule has 2 aromatic carbocycles. The average molecular weight is 369 g/mol. The highest BCUT2D eigenvalue weighted by molar-refractivity contribution is 6.67. The number of anilines is 2. The number of hydrogen-bond acceptors (Lipinski definition) is 6. The number of carboxylic acids is 2. The first-order valence-electron chi connectivity index (χ1n) is 7.61. The molecule has 1 amide bonds. The number of ketones is 1. The lowest BCUT2D eigenvalue weighted by Gasteiger charge is -2.08. The van der Waals surface area contributed by atoms with Crippen molar-refractivity contribution in [2.75, 3.05) is 10.7 Å². The molecule has 2 rings (SSSR count).